The Kier molecular flexibility index (Phi) is 33.4. The molecule has 0 aromatic rings. The Labute approximate surface area is 210 Å². The summed E-state index contributed by atoms with van der Waals surface area (Å²) in [6.45, 7) is 0. The van der Waals surface area contributed by atoms with Gasteiger partial charge >= 0.3 is 80.2 Å². The predicted molar refractivity (Wildman–Crippen MR) is 65.8 cm³/mol. The standard InChI is InChI=1S/C6H14N2.2Na.3H2O4S.Pt/c7-5-3-1-2-4-6(5)8;;;3*1-5(2,3)4;/h5-6H,1-4,7-8H2;;;3*(H2,1,2,3,4);/q;2*+1;;;;+4/p-6. The van der Waals surface area contributed by atoms with E-state index in [9.17, 15) is 0 Å². The second-order valence-electron chi connectivity index (χ2n) is 3.84. The minimum atomic E-state index is -5.17. The second kappa shape index (κ2) is 20.5. The fourth-order valence-corrected chi connectivity index (χ4v) is 1.19. The Bertz CT molecular complexity index is 508. The summed E-state index contributed by atoms with van der Waals surface area (Å²) in [7, 11) is -15.5. The molecule has 0 heterocycles. The molecule has 0 aliphatic heterocycles. The number of hydrogen-bond donors (Lipinski definition) is 2. The molecule has 2 atom stereocenters. The number of rotatable bonds is 0. The van der Waals surface area contributed by atoms with E-state index in [1.807, 2.05) is 0 Å². The first-order valence-corrected chi connectivity index (χ1v) is 9.32. The van der Waals surface area contributed by atoms with E-state index in [1.165, 1.54) is 12.8 Å². The average molecular weight is 643 g/mol. The molecular formula is C6H14N2Na2O12PtS3. The Balaban J connectivity index is -0.0000000508. The van der Waals surface area contributed by atoms with Crippen molar-refractivity contribution in [3.8, 4) is 0 Å². The first-order valence-electron chi connectivity index (χ1n) is 5.32. The fraction of sp³-hybridized carbons (Fsp3) is 1.00. The van der Waals surface area contributed by atoms with Gasteiger partial charge in [-0.15, -0.1) is 0 Å². The monoisotopic (exact) mass is 643 g/mol. The van der Waals surface area contributed by atoms with E-state index in [1.54, 1.807) is 0 Å². The van der Waals surface area contributed by atoms with E-state index in [0.717, 1.165) is 12.8 Å². The molecule has 1 rings (SSSR count). The molecule has 1 aliphatic carbocycles. The van der Waals surface area contributed by atoms with Crippen molar-refractivity contribution in [1.29, 1.82) is 0 Å². The van der Waals surface area contributed by atoms with Crippen molar-refractivity contribution in [2.75, 3.05) is 0 Å². The molecule has 2 unspecified atom stereocenters. The van der Waals surface area contributed by atoms with Gasteiger partial charge in [0.05, 0.1) is 0 Å². The fourth-order valence-electron chi connectivity index (χ4n) is 1.19. The maximum Gasteiger partial charge on any atom is 4.00 e. The van der Waals surface area contributed by atoms with Crippen LogP contribution >= 0.6 is 0 Å². The van der Waals surface area contributed by atoms with Gasteiger partial charge in [0.2, 0.25) is 0 Å². The van der Waals surface area contributed by atoms with E-state index in [2.05, 4.69) is 0 Å². The quantitative estimate of drug-likeness (QED) is 0.141. The molecule has 1 saturated carbocycles. The van der Waals surface area contributed by atoms with Crippen molar-refractivity contribution < 1.29 is 133 Å². The zero-order valence-corrected chi connectivity index (χ0v) is 22.3. The maximum absolute atomic E-state index is 8.52. The third-order valence-corrected chi connectivity index (χ3v) is 1.87. The second-order valence-corrected chi connectivity index (χ2v) is 6.29. The van der Waals surface area contributed by atoms with Crippen LogP contribution in [0.15, 0.2) is 0 Å². The summed E-state index contributed by atoms with van der Waals surface area (Å²) < 4.78 is 102. The van der Waals surface area contributed by atoms with Crippen molar-refractivity contribution in [3.63, 3.8) is 0 Å². The van der Waals surface area contributed by atoms with Gasteiger partial charge in [0.1, 0.15) is 0 Å². The summed E-state index contributed by atoms with van der Waals surface area (Å²) in [6, 6.07) is 0.562. The van der Waals surface area contributed by atoms with Gasteiger partial charge in [0.15, 0.2) is 0 Å². The number of hydrogen-bond acceptors (Lipinski definition) is 14. The van der Waals surface area contributed by atoms with Crippen molar-refractivity contribution >= 4 is 31.2 Å². The van der Waals surface area contributed by atoms with Gasteiger partial charge in [0.25, 0.3) is 0 Å². The van der Waals surface area contributed by atoms with Crippen LogP contribution in [0.3, 0.4) is 0 Å². The van der Waals surface area contributed by atoms with Crippen molar-refractivity contribution in [2.24, 2.45) is 11.5 Å². The van der Waals surface area contributed by atoms with Gasteiger partial charge in [-0.1, -0.05) is 12.8 Å². The largest absolute Gasteiger partial charge is 4.00 e. The summed E-state index contributed by atoms with van der Waals surface area (Å²) in [5.74, 6) is 0. The zero-order chi connectivity index (χ0) is 19.5. The molecule has 4 N–H and O–H groups in total. The molecular weight excluding hydrogens is 629 g/mol. The summed E-state index contributed by atoms with van der Waals surface area (Å²) in [6.07, 6.45) is 4.80. The minimum Gasteiger partial charge on any atom is -0.759 e. The molecule has 0 spiro atoms. The third kappa shape index (κ3) is 95.4. The van der Waals surface area contributed by atoms with Crippen molar-refractivity contribution in [3.05, 3.63) is 0 Å². The van der Waals surface area contributed by atoms with Crippen LogP contribution in [-0.2, 0) is 52.3 Å². The first-order chi connectivity index (χ1) is 9.80. The summed E-state index contributed by atoms with van der Waals surface area (Å²) in [5, 5.41) is 0. The SMILES string of the molecule is NC1CCCCC1N.O=S(=O)([O-])[O-].O=S(=O)([O-])[O-].O=S(=O)([O-])[O-].[Na+].[Na+].[Pt+4]. The van der Waals surface area contributed by atoms with Crippen LogP contribution in [-0.4, -0.2) is 64.7 Å². The van der Waals surface area contributed by atoms with Crippen molar-refractivity contribution in [1.82, 2.24) is 0 Å². The summed E-state index contributed by atoms with van der Waals surface area (Å²) >= 11 is 0. The molecule has 0 bridgehead atoms. The average Bonchev–Trinajstić information content (AvgIpc) is 2.14. The Morgan fingerprint density at radius 2 is 0.692 bits per heavy atom. The molecule has 0 aromatic heterocycles. The van der Waals surface area contributed by atoms with Gasteiger partial charge in [0, 0.05) is 43.3 Å². The van der Waals surface area contributed by atoms with Crippen molar-refractivity contribution in [2.45, 2.75) is 37.8 Å². The minimum absolute atomic E-state index is 0. The van der Waals surface area contributed by atoms with Crippen LogP contribution in [0, 0.1) is 0 Å². The third-order valence-electron chi connectivity index (χ3n) is 1.87. The van der Waals surface area contributed by atoms with Crippen LogP contribution < -0.4 is 70.6 Å². The van der Waals surface area contributed by atoms with Gasteiger partial charge in [-0.25, -0.2) is 0 Å². The van der Waals surface area contributed by atoms with E-state index in [4.69, 9.17) is 64.0 Å². The van der Waals surface area contributed by atoms with Gasteiger partial charge in [-0.3, -0.25) is 25.3 Å². The summed E-state index contributed by atoms with van der Waals surface area (Å²) in [4.78, 5) is 0. The predicted octanol–water partition coefficient (Wildman–Crippen LogP) is -9.79. The molecule has 150 valence electrons. The molecule has 0 amide bonds. The number of nitrogens with two attached hydrogens (primary N) is 2. The van der Waals surface area contributed by atoms with Crippen LogP contribution in [0.2, 0.25) is 0 Å². The normalized spacial score (nSPS) is 18.9. The van der Waals surface area contributed by atoms with E-state index >= 15 is 0 Å². The first kappa shape index (κ1) is 42.3. The molecule has 0 saturated heterocycles. The Morgan fingerprint density at radius 1 is 0.577 bits per heavy atom. The van der Waals surface area contributed by atoms with Gasteiger partial charge < -0.3 is 38.8 Å². The van der Waals surface area contributed by atoms with Crippen LogP contribution in [0.1, 0.15) is 25.7 Å². The van der Waals surface area contributed by atoms with Crippen LogP contribution in [0.5, 0.6) is 0 Å². The smallest absolute Gasteiger partial charge is 0.759 e. The molecule has 20 heteroatoms. The zero-order valence-electron chi connectivity index (χ0n) is 13.6. The van der Waals surface area contributed by atoms with Gasteiger partial charge in [-0.05, 0) is 12.8 Å². The molecule has 1 fully saturated rings. The van der Waals surface area contributed by atoms with Crippen LogP contribution in [0.25, 0.3) is 0 Å². The molecule has 0 radical (unpaired) electrons. The van der Waals surface area contributed by atoms with E-state index in [0.29, 0.717) is 0 Å². The summed E-state index contributed by atoms with van der Waals surface area (Å²) in [5.41, 5.74) is 11.3. The Morgan fingerprint density at radius 3 is 0.769 bits per heavy atom. The topological polar surface area (TPSA) is 293 Å². The molecule has 14 nitrogen and oxygen atoms in total. The van der Waals surface area contributed by atoms with Crippen LogP contribution in [0.4, 0.5) is 0 Å². The van der Waals surface area contributed by atoms with Gasteiger partial charge in [-0.2, -0.15) is 0 Å². The molecule has 26 heavy (non-hydrogen) atoms. The maximum atomic E-state index is 8.52. The van der Waals surface area contributed by atoms with E-state index < -0.39 is 31.2 Å². The van der Waals surface area contributed by atoms with E-state index in [-0.39, 0.29) is 92.3 Å². The Hall–Kier alpha value is 2.22. The molecule has 0 aromatic carbocycles. The molecule has 1 aliphatic rings.